The van der Waals surface area contributed by atoms with E-state index in [1.54, 1.807) is 0 Å². The highest BCUT2D eigenvalue weighted by atomic mass is 19.4. The maximum absolute atomic E-state index is 13.0. The normalized spacial score (nSPS) is 14.2. The number of hydrogen-bond acceptors (Lipinski definition) is 6. The average Bonchev–Trinajstić information content (AvgIpc) is 3.19. The zero-order chi connectivity index (χ0) is 24.5. The van der Waals surface area contributed by atoms with Gasteiger partial charge in [0, 0.05) is 24.5 Å². The molecular weight excluding hydrogens is 468 g/mol. The summed E-state index contributed by atoms with van der Waals surface area (Å²) >= 11 is 0. The summed E-state index contributed by atoms with van der Waals surface area (Å²) in [6, 6.07) is 8.01. The number of hydrogen-bond donors (Lipinski definition) is 3. The van der Waals surface area contributed by atoms with Gasteiger partial charge in [-0.1, -0.05) is 12.1 Å². The molecule has 3 N–H and O–H groups in total. The Morgan fingerprint density at radius 1 is 0.794 bits per heavy atom. The third-order valence-corrected chi connectivity index (χ3v) is 4.61. The van der Waals surface area contributed by atoms with E-state index in [4.69, 9.17) is 0 Å². The predicted molar refractivity (Wildman–Crippen MR) is 110 cm³/mol. The molecule has 0 aliphatic carbocycles. The lowest BCUT2D eigenvalue weighted by atomic mass is 10.2. The van der Waals surface area contributed by atoms with Gasteiger partial charge in [-0.25, -0.2) is 4.79 Å². The Bertz CT molecular complexity index is 1140. The molecule has 0 saturated carbocycles. The van der Waals surface area contributed by atoms with Crippen LogP contribution in [0.2, 0.25) is 0 Å². The van der Waals surface area contributed by atoms with Gasteiger partial charge in [-0.3, -0.25) is 4.90 Å². The molecule has 0 spiro atoms. The van der Waals surface area contributed by atoms with Crippen molar-refractivity contribution in [1.29, 1.82) is 0 Å². The van der Waals surface area contributed by atoms with Gasteiger partial charge in [-0.15, -0.1) is 0 Å². The maximum Gasteiger partial charge on any atom is 0.416 e. The van der Waals surface area contributed by atoms with Crippen LogP contribution in [0.15, 0.2) is 48.5 Å². The molecule has 2 aromatic carbocycles. The second-order valence-corrected chi connectivity index (χ2v) is 7.07. The van der Waals surface area contributed by atoms with E-state index >= 15 is 0 Å². The molecule has 3 aromatic rings. The van der Waals surface area contributed by atoms with Crippen molar-refractivity contribution < 1.29 is 31.1 Å². The molecule has 0 radical (unpaired) electrons. The molecule has 0 unspecified atom stereocenters. The van der Waals surface area contributed by atoms with Crippen molar-refractivity contribution in [3.63, 3.8) is 0 Å². The van der Waals surface area contributed by atoms with Crippen molar-refractivity contribution >= 4 is 35.3 Å². The molecule has 1 aliphatic heterocycles. The first-order chi connectivity index (χ1) is 16.0. The Morgan fingerprint density at radius 3 is 1.71 bits per heavy atom. The highest BCUT2D eigenvalue weighted by Gasteiger charge is 2.31. The Labute approximate surface area is 188 Å². The second kappa shape index (κ2) is 8.68. The Kier molecular flexibility index (Phi) is 5.89. The van der Waals surface area contributed by atoms with Crippen LogP contribution in [0.1, 0.15) is 11.1 Å². The van der Waals surface area contributed by atoms with E-state index in [-0.39, 0.29) is 35.8 Å². The number of anilines is 5. The molecule has 1 fully saturated rings. The summed E-state index contributed by atoms with van der Waals surface area (Å²) in [4.78, 5) is 25.4. The molecule has 8 nitrogen and oxygen atoms in total. The average molecular weight is 483 g/mol. The van der Waals surface area contributed by atoms with Crippen molar-refractivity contribution in [3.8, 4) is 0 Å². The summed E-state index contributed by atoms with van der Waals surface area (Å²) in [7, 11) is 0. The maximum atomic E-state index is 13.0. The first-order valence-electron chi connectivity index (χ1n) is 9.69. The third-order valence-electron chi connectivity index (χ3n) is 4.61. The van der Waals surface area contributed by atoms with E-state index in [1.165, 1.54) is 24.3 Å². The summed E-state index contributed by atoms with van der Waals surface area (Å²) in [5.41, 5.74) is -1.81. The zero-order valence-electron chi connectivity index (χ0n) is 17.0. The number of urea groups is 1. The minimum atomic E-state index is -4.58. The first-order valence-corrected chi connectivity index (χ1v) is 9.69. The van der Waals surface area contributed by atoms with E-state index < -0.39 is 29.5 Å². The summed E-state index contributed by atoms with van der Waals surface area (Å²) in [5, 5.41) is 7.78. The van der Waals surface area contributed by atoms with Crippen LogP contribution in [0.3, 0.4) is 0 Å². The molecule has 1 aromatic heterocycles. The van der Waals surface area contributed by atoms with Gasteiger partial charge in [0.2, 0.25) is 17.8 Å². The Hall–Kier alpha value is -4.10. The van der Waals surface area contributed by atoms with E-state index in [2.05, 4.69) is 30.9 Å². The monoisotopic (exact) mass is 483 g/mol. The third kappa shape index (κ3) is 5.27. The topological polar surface area (TPSA) is 95.1 Å². The van der Waals surface area contributed by atoms with Crippen LogP contribution in [-0.2, 0) is 12.4 Å². The quantitative estimate of drug-likeness (QED) is 0.446. The van der Waals surface area contributed by atoms with E-state index in [9.17, 15) is 31.1 Å². The molecule has 14 heteroatoms. The van der Waals surface area contributed by atoms with Gasteiger partial charge in [-0.2, -0.15) is 41.3 Å². The van der Waals surface area contributed by atoms with Gasteiger partial charge in [0.15, 0.2) is 0 Å². The SMILES string of the molecule is O=C1NCCN1c1nc(Nc2cccc(C(F)(F)F)c2)nc(Nc2cccc(C(F)(F)F)c2)n1. The summed E-state index contributed by atoms with van der Waals surface area (Å²) < 4.78 is 78.2. The van der Waals surface area contributed by atoms with Gasteiger partial charge < -0.3 is 16.0 Å². The zero-order valence-corrected chi connectivity index (χ0v) is 17.0. The van der Waals surface area contributed by atoms with E-state index in [0.29, 0.717) is 6.54 Å². The van der Waals surface area contributed by atoms with Gasteiger partial charge in [0.1, 0.15) is 0 Å². The number of rotatable bonds is 5. The van der Waals surface area contributed by atoms with E-state index in [1.807, 2.05) is 0 Å². The number of amides is 2. The number of aromatic nitrogens is 3. The summed E-state index contributed by atoms with van der Waals surface area (Å²) in [6.07, 6.45) is -9.16. The van der Waals surface area contributed by atoms with Crippen molar-refractivity contribution in [3.05, 3.63) is 59.7 Å². The molecule has 178 valence electrons. The van der Waals surface area contributed by atoms with Gasteiger partial charge in [-0.05, 0) is 36.4 Å². The van der Waals surface area contributed by atoms with Crippen molar-refractivity contribution in [2.24, 2.45) is 0 Å². The van der Waals surface area contributed by atoms with E-state index in [0.717, 1.165) is 29.2 Å². The van der Waals surface area contributed by atoms with Crippen molar-refractivity contribution in [2.45, 2.75) is 12.4 Å². The first kappa shape index (κ1) is 23.1. The molecule has 2 amide bonds. The van der Waals surface area contributed by atoms with Gasteiger partial charge in [0.05, 0.1) is 11.1 Å². The lowest BCUT2D eigenvalue weighted by molar-refractivity contribution is -0.138. The molecule has 0 bridgehead atoms. The van der Waals surface area contributed by atoms with Gasteiger partial charge >= 0.3 is 18.4 Å². The number of nitrogens with zero attached hydrogens (tertiary/aromatic N) is 4. The number of carbonyl (C=O) groups excluding carboxylic acids is 1. The largest absolute Gasteiger partial charge is 0.416 e. The highest BCUT2D eigenvalue weighted by molar-refractivity contribution is 5.92. The molecule has 4 rings (SSSR count). The summed E-state index contributed by atoms with van der Waals surface area (Å²) in [6.45, 7) is 0.506. The van der Waals surface area contributed by atoms with Crippen LogP contribution < -0.4 is 20.9 Å². The molecule has 1 aliphatic rings. The van der Waals surface area contributed by atoms with Gasteiger partial charge in [0.25, 0.3) is 0 Å². The predicted octanol–water partition coefficient (Wildman–Crippen LogP) is 4.93. The molecular formula is C20H15F6N7O. The number of carbonyl (C=O) groups is 1. The van der Waals surface area contributed by atoms with Crippen molar-refractivity contribution in [2.75, 3.05) is 28.6 Å². The minimum absolute atomic E-state index is 0.00265. The molecule has 34 heavy (non-hydrogen) atoms. The fraction of sp³-hybridized carbons (Fsp3) is 0.200. The van der Waals surface area contributed by atoms with Crippen LogP contribution in [0.5, 0.6) is 0 Å². The second-order valence-electron chi connectivity index (χ2n) is 7.07. The number of alkyl halides is 6. The smallest absolute Gasteiger partial charge is 0.336 e. The summed E-state index contributed by atoms with van der Waals surface area (Å²) in [5.74, 6) is -0.592. The molecule has 0 atom stereocenters. The minimum Gasteiger partial charge on any atom is -0.336 e. The lowest BCUT2D eigenvalue weighted by Crippen LogP contribution is -2.29. The van der Waals surface area contributed by atoms with Crippen LogP contribution in [0.25, 0.3) is 0 Å². The molecule has 1 saturated heterocycles. The van der Waals surface area contributed by atoms with Crippen LogP contribution in [0.4, 0.5) is 60.4 Å². The van der Waals surface area contributed by atoms with Crippen molar-refractivity contribution in [1.82, 2.24) is 20.3 Å². The Morgan fingerprint density at radius 2 is 1.29 bits per heavy atom. The number of benzene rings is 2. The fourth-order valence-corrected chi connectivity index (χ4v) is 3.06. The lowest BCUT2D eigenvalue weighted by Gasteiger charge is -2.16. The van der Waals surface area contributed by atoms with Crippen LogP contribution in [-0.4, -0.2) is 34.1 Å². The highest BCUT2D eigenvalue weighted by Crippen LogP contribution is 2.33. The van der Waals surface area contributed by atoms with Crippen LogP contribution in [0, 0.1) is 0 Å². The standard InChI is InChI=1S/C20H15F6N7O/c21-19(22,23)11-3-1-5-13(9-11)28-15-30-16(32-17(31-15)33-8-7-27-18(33)34)29-14-6-2-4-12(10-14)20(24,25)26/h1-6,9-10H,7-8H2,(H,27,34)(H2,28,29,30,31,32). The molecule has 2 heterocycles. The number of halogens is 6. The fourth-order valence-electron chi connectivity index (χ4n) is 3.06. The number of nitrogens with one attached hydrogen (secondary N) is 3. The Balaban J connectivity index is 1.69. The van der Waals surface area contributed by atoms with Crippen LogP contribution >= 0.6 is 0 Å².